The summed E-state index contributed by atoms with van der Waals surface area (Å²) in [6.07, 6.45) is 0. The van der Waals surface area contributed by atoms with E-state index in [0.29, 0.717) is 5.02 Å². The van der Waals surface area contributed by atoms with Gasteiger partial charge in [0.05, 0.1) is 7.11 Å². The third-order valence-corrected chi connectivity index (χ3v) is 3.21. The van der Waals surface area contributed by atoms with Gasteiger partial charge in [-0.05, 0) is 36.8 Å². The fraction of sp³-hybridized carbons (Fsp3) is 0.200. The molecule has 0 aliphatic carbocycles. The molecule has 1 atom stereocenters. The Hall–Kier alpha value is -1.74. The molecule has 0 saturated heterocycles. The molecule has 0 heterocycles. The molecule has 0 radical (unpaired) electrons. The normalized spacial score (nSPS) is 12.0. The number of nitrogens with one attached hydrogen (secondary N) is 1. The van der Waals surface area contributed by atoms with Crippen LogP contribution in [0.1, 0.15) is 18.5 Å². The smallest absolute Gasteiger partial charge is 0.124 e. The Morgan fingerprint density at radius 3 is 2.68 bits per heavy atom. The number of methoxy groups -OCH3 is 1. The van der Waals surface area contributed by atoms with Crippen LogP contribution in [0.2, 0.25) is 5.02 Å². The lowest BCUT2D eigenvalue weighted by Crippen LogP contribution is -2.07. The van der Waals surface area contributed by atoms with Crippen LogP contribution in [0.3, 0.4) is 0 Å². The van der Waals surface area contributed by atoms with E-state index in [4.69, 9.17) is 16.3 Å². The molecular formula is C15H15ClFNO. The molecule has 0 aliphatic heterocycles. The van der Waals surface area contributed by atoms with E-state index in [1.165, 1.54) is 12.1 Å². The van der Waals surface area contributed by atoms with Crippen LogP contribution in [-0.4, -0.2) is 7.11 Å². The Morgan fingerprint density at radius 1 is 1.21 bits per heavy atom. The first-order valence-corrected chi connectivity index (χ1v) is 6.33. The number of anilines is 1. The van der Waals surface area contributed by atoms with E-state index in [-0.39, 0.29) is 11.9 Å². The zero-order valence-corrected chi connectivity index (χ0v) is 11.5. The van der Waals surface area contributed by atoms with Crippen molar-refractivity contribution >= 4 is 17.3 Å². The Bertz CT molecular complexity index is 574. The molecule has 100 valence electrons. The Kier molecular flexibility index (Phi) is 4.27. The maximum atomic E-state index is 13.0. The molecule has 0 amide bonds. The summed E-state index contributed by atoms with van der Waals surface area (Å²) in [4.78, 5) is 0. The lowest BCUT2D eigenvalue weighted by molar-refractivity contribution is 0.415. The molecule has 0 aromatic heterocycles. The highest BCUT2D eigenvalue weighted by molar-refractivity contribution is 6.31. The van der Waals surface area contributed by atoms with Crippen LogP contribution in [0.25, 0.3) is 0 Å². The lowest BCUT2D eigenvalue weighted by Gasteiger charge is -2.17. The predicted octanol–water partition coefficient (Wildman–Crippen LogP) is 4.66. The van der Waals surface area contributed by atoms with Crippen molar-refractivity contribution in [1.82, 2.24) is 0 Å². The summed E-state index contributed by atoms with van der Waals surface area (Å²) in [5.74, 6) is 0.449. The summed E-state index contributed by atoms with van der Waals surface area (Å²) in [7, 11) is 1.62. The van der Waals surface area contributed by atoms with Gasteiger partial charge < -0.3 is 10.1 Å². The standard InChI is InChI=1S/C15H15ClFNO/c1-10(14-7-6-11(17)8-15(14)16)18-12-4-3-5-13(9-12)19-2/h3-10,18H,1-2H3. The monoisotopic (exact) mass is 279 g/mol. The third kappa shape index (κ3) is 3.38. The molecule has 0 spiro atoms. The van der Waals surface area contributed by atoms with E-state index in [1.54, 1.807) is 13.2 Å². The number of hydrogen-bond acceptors (Lipinski definition) is 2. The summed E-state index contributed by atoms with van der Waals surface area (Å²) < 4.78 is 18.2. The SMILES string of the molecule is COc1cccc(NC(C)c2ccc(F)cc2Cl)c1. The van der Waals surface area contributed by atoms with Gasteiger partial charge in [-0.15, -0.1) is 0 Å². The summed E-state index contributed by atoms with van der Waals surface area (Å²) in [5.41, 5.74) is 1.78. The van der Waals surface area contributed by atoms with Gasteiger partial charge in [0.15, 0.2) is 0 Å². The average molecular weight is 280 g/mol. The molecule has 0 aliphatic rings. The molecule has 0 saturated carbocycles. The van der Waals surface area contributed by atoms with Gasteiger partial charge in [0, 0.05) is 22.8 Å². The van der Waals surface area contributed by atoms with Crippen LogP contribution in [0.15, 0.2) is 42.5 Å². The number of ether oxygens (including phenoxy) is 1. The minimum absolute atomic E-state index is 0.0276. The van der Waals surface area contributed by atoms with E-state index in [9.17, 15) is 4.39 Å². The van der Waals surface area contributed by atoms with Crippen molar-refractivity contribution in [2.75, 3.05) is 12.4 Å². The van der Waals surface area contributed by atoms with E-state index in [2.05, 4.69) is 5.32 Å². The molecule has 1 unspecified atom stereocenters. The first-order chi connectivity index (χ1) is 9.10. The molecule has 2 rings (SSSR count). The fourth-order valence-corrected chi connectivity index (χ4v) is 2.22. The second kappa shape index (κ2) is 5.93. The molecule has 4 heteroatoms. The predicted molar refractivity (Wildman–Crippen MR) is 76.4 cm³/mol. The second-order valence-corrected chi connectivity index (χ2v) is 4.67. The zero-order chi connectivity index (χ0) is 13.8. The Balaban J connectivity index is 2.17. The van der Waals surface area contributed by atoms with Crippen LogP contribution in [0.5, 0.6) is 5.75 Å². The van der Waals surface area contributed by atoms with Crippen LogP contribution in [-0.2, 0) is 0 Å². The van der Waals surface area contributed by atoms with Crippen molar-refractivity contribution < 1.29 is 9.13 Å². The van der Waals surface area contributed by atoms with E-state index >= 15 is 0 Å². The van der Waals surface area contributed by atoms with Crippen molar-refractivity contribution in [3.63, 3.8) is 0 Å². The van der Waals surface area contributed by atoms with Crippen LogP contribution >= 0.6 is 11.6 Å². The highest BCUT2D eigenvalue weighted by atomic mass is 35.5. The highest BCUT2D eigenvalue weighted by Crippen LogP contribution is 2.27. The first kappa shape index (κ1) is 13.7. The van der Waals surface area contributed by atoms with E-state index in [1.807, 2.05) is 31.2 Å². The molecule has 1 N–H and O–H groups in total. The fourth-order valence-electron chi connectivity index (χ4n) is 1.89. The van der Waals surface area contributed by atoms with Crippen molar-refractivity contribution in [2.45, 2.75) is 13.0 Å². The molecule has 2 aromatic rings. The molecule has 19 heavy (non-hydrogen) atoms. The van der Waals surface area contributed by atoms with Gasteiger partial charge in [-0.1, -0.05) is 23.7 Å². The van der Waals surface area contributed by atoms with Gasteiger partial charge in [-0.3, -0.25) is 0 Å². The summed E-state index contributed by atoms with van der Waals surface area (Å²) in [6.45, 7) is 1.97. The van der Waals surface area contributed by atoms with Gasteiger partial charge in [0.2, 0.25) is 0 Å². The lowest BCUT2D eigenvalue weighted by atomic mass is 10.1. The quantitative estimate of drug-likeness (QED) is 0.879. The molecule has 2 nitrogen and oxygen atoms in total. The number of hydrogen-bond donors (Lipinski definition) is 1. The first-order valence-electron chi connectivity index (χ1n) is 5.95. The van der Waals surface area contributed by atoms with Crippen LogP contribution < -0.4 is 10.1 Å². The average Bonchev–Trinajstić information content (AvgIpc) is 2.38. The molecule has 0 bridgehead atoms. The summed E-state index contributed by atoms with van der Waals surface area (Å²) in [5, 5.41) is 3.73. The van der Waals surface area contributed by atoms with Gasteiger partial charge in [0.25, 0.3) is 0 Å². The van der Waals surface area contributed by atoms with Gasteiger partial charge >= 0.3 is 0 Å². The number of rotatable bonds is 4. The second-order valence-electron chi connectivity index (χ2n) is 4.26. The minimum Gasteiger partial charge on any atom is -0.497 e. The van der Waals surface area contributed by atoms with Crippen LogP contribution in [0, 0.1) is 5.82 Å². The maximum absolute atomic E-state index is 13.0. The summed E-state index contributed by atoms with van der Waals surface area (Å²) >= 11 is 6.04. The van der Waals surface area contributed by atoms with Gasteiger partial charge in [-0.2, -0.15) is 0 Å². The van der Waals surface area contributed by atoms with Crippen molar-refractivity contribution in [3.05, 3.63) is 58.9 Å². The summed E-state index contributed by atoms with van der Waals surface area (Å²) in [6, 6.07) is 12.0. The minimum atomic E-state index is -0.331. The Morgan fingerprint density at radius 2 is 2.00 bits per heavy atom. The number of halogens is 2. The molecule has 0 fully saturated rings. The largest absolute Gasteiger partial charge is 0.497 e. The maximum Gasteiger partial charge on any atom is 0.124 e. The van der Waals surface area contributed by atoms with Crippen molar-refractivity contribution in [2.24, 2.45) is 0 Å². The van der Waals surface area contributed by atoms with Crippen molar-refractivity contribution in [1.29, 1.82) is 0 Å². The number of benzene rings is 2. The van der Waals surface area contributed by atoms with Crippen molar-refractivity contribution in [3.8, 4) is 5.75 Å². The van der Waals surface area contributed by atoms with Gasteiger partial charge in [-0.25, -0.2) is 4.39 Å². The zero-order valence-electron chi connectivity index (χ0n) is 10.8. The van der Waals surface area contributed by atoms with E-state index < -0.39 is 0 Å². The molecular weight excluding hydrogens is 265 g/mol. The third-order valence-electron chi connectivity index (χ3n) is 2.88. The highest BCUT2D eigenvalue weighted by Gasteiger charge is 2.10. The topological polar surface area (TPSA) is 21.3 Å². The van der Waals surface area contributed by atoms with Crippen LogP contribution in [0.4, 0.5) is 10.1 Å². The van der Waals surface area contributed by atoms with E-state index in [0.717, 1.165) is 17.0 Å². The van der Waals surface area contributed by atoms with Gasteiger partial charge in [0.1, 0.15) is 11.6 Å². The Labute approximate surface area is 117 Å². The molecule has 2 aromatic carbocycles.